The van der Waals surface area contributed by atoms with Gasteiger partial charge in [0, 0.05) is 43.1 Å². The van der Waals surface area contributed by atoms with E-state index in [1.165, 1.54) is 0 Å². The van der Waals surface area contributed by atoms with Gasteiger partial charge in [0.1, 0.15) is 0 Å². The lowest BCUT2D eigenvalue weighted by atomic mass is 10.1. The van der Waals surface area contributed by atoms with Crippen LogP contribution in [-0.2, 0) is 17.4 Å². The Labute approximate surface area is 178 Å². The second-order valence-electron chi connectivity index (χ2n) is 7.51. The smallest absolute Gasteiger partial charge is 0.370 e. The first-order valence-electron chi connectivity index (χ1n) is 9.92. The maximum Gasteiger partial charge on any atom is 0.453 e. The minimum Gasteiger partial charge on any atom is -0.370 e. The third kappa shape index (κ3) is 5.12. The molecule has 0 aliphatic rings. The van der Waals surface area contributed by atoms with Crippen LogP contribution in [-0.4, -0.2) is 45.1 Å². The van der Waals surface area contributed by atoms with Crippen molar-refractivity contribution in [2.75, 3.05) is 18.5 Å². The number of nitrogens with zero attached hydrogens (tertiary/aromatic N) is 5. The van der Waals surface area contributed by atoms with Gasteiger partial charge in [-0.25, -0.2) is 9.50 Å². The van der Waals surface area contributed by atoms with Crippen LogP contribution in [0.15, 0.2) is 30.3 Å². The standard InChI is InChI=1S/C21H25F3N6O/c1-13(29(4)16-8-6-5-7-9-16)12-25-18(31)11-10-17-14(2)26-20-27-19(21(22,23)24)28-30(20)15(17)3/h5-9,13H,10-12H2,1-4H3,(H,25,31). The van der Waals surface area contributed by atoms with Crippen LogP contribution in [0.3, 0.4) is 0 Å². The summed E-state index contributed by atoms with van der Waals surface area (Å²) in [7, 11) is 1.97. The van der Waals surface area contributed by atoms with Crippen LogP contribution in [0.5, 0.6) is 0 Å². The average Bonchev–Trinajstić information content (AvgIpc) is 3.16. The van der Waals surface area contributed by atoms with Gasteiger partial charge in [-0.2, -0.15) is 18.2 Å². The molecule has 0 saturated carbocycles. The zero-order chi connectivity index (χ0) is 22.8. The molecule has 2 heterocycles. The van der Waals surface area contributed by atoms with E-state index in [1.807, 2.05) is 44.3 Å². The predicted octanol–water partition coefficient (Wildman–Crippen LogP) is 3.33. The zero-order valence-corrected chi connectivity index (χ0v) is 17.9. The maximum atomic E-state index is 12.9. The van der Waals surface area contributed by atoms with E-state index in [9.17, 15) is 18.0 Å². The molecule has 166 valence electrons. The summed E-state index contributed by atoms with van der Waals surface area (Å²) in [6.45, 7) is 5.83. The van der Waals surface area contributed by atoms with Gasteiger partial charge in [0.25, 0.3) is 11.6 Å². The summed E-state index contributed by atoms with van der Waals surface area (Å²) in [5.41, 5.74) is 2.78. The lowest BCUT2D eigenvalue weighted by Gasteiger charge is -2.27. The molecule has 0 spiro atoms. The fraction of sp³-hybridized carbons (Fsp3) is 0.429. The van der Waals surface area contributed by atoms with Crippen LogP contribution in [0.2, 0.25) is 0 Å². The summed E-state index contributed by atoms with van der Waals surface area (Å²) in [4.78, 5) is 22.0. The molecule has 1 amide bonds. The van der Waals surface area contributed by atoms with E-state index in [4.69, 9.17) is 0 Å². The Hall–Kier alpha value is -3.17. The van der Waals surface area contributed by atoms with E-state index in [2.05, 4.69) is 25.3 Å². The number of rotatable bonds is 7. The Bertz CT molecular complexity index is 1060. The summed E-state index contributed by atoms with van der Waals surface area (Å²) < 4.78 is 39.8. The van der Waals surface area contributed by atoms with Gasteiger partial charge in [0.15, 0.2) is 0 Å². The fourth-order valence-electron chi connectivity index (χ4n) is 3.33. The first kappa shape index (κ1) is 22.5. The van der Waals surface area contributed by atoms with Gasteiger partial charge in [0.2, 0.25) is 5.91 Å². The molecule has 1 atom stereocenters. The maximum absolute atomic E-state index is 12.9. The van der Waals surface area contributed by atoms with Gasteiger partial charge < -0.3 is 10.2 Å². The van der Waals surface area contributed by atoms with Crippen LogP contribution >= 0.6 is 0 Å². The van der Waals surface area contributed by atoms with Crippen molar-refractivity contribution in [1.82, 2.24) is 24.9 Å². The molecule has 2 aromatic heterocycles. The quantitative estimate of drug-likeness (QED) is 0.617. The first-order valence-corrected chi connectivity index (χ1v) is 9.92. The van der Waals surface area contributed by atoms with Crippen molar-refractivity contribution in [2.24, 2.45) is 0 Å². The van der Waals surface area contributed by atoms with E-state index in [-0.39, 0.29) is 24.1 Å². The van der Waals surface area contributed by atoms with Crippen LogP contribution in [0, 0.1) is 13.8 Å². The number of anilines is 1. The van der Waals surface area contributed by atoms with Crippen molar-refractivity contribution >= 4 is 17.4 Å². The molecule has 0 bridgehead atoms. The highest BCUT2D eigenvalue weighted by molar-refractivity contribution is 5.76. The van der Waals surface area contributed by atoms with Gasteiger partial charge in [-0.3, -0.25) is 4.79 Å². The number of aromatic nitrogens is 4. The van der Waals surface area contributed by atoms with Crippen LogP contribution in [0.4, 0.5) is 18.9 Å². The van der Waals surface area contributed by atoms with Gasteiger partial charge in [0.05, 0.1) is 0 Å². The lowest BCUT2D eigenvalue weighted by molar-refractivity contribution is -0.144. The molecule has 0 fully saturated rings. The van der Waals surface area contributed by atoms with Crippen molar-refractivity contribution < 1.29 is 18.0 Å². The molecule has 3 aromatic rings. The topological polar surface area (TPSA) is 75.4 Å². The second kappa shape index (κ2) is 8.91. The molecule has 0 radical (unpaired) electrons. The van der Waals surface area contributed by atoms with Gasteiger partial charge in [-0.05, 0) is 44.9 Å². The van der Waals surface area contributed by atoms with Gasteiger partial charge in [-0.15, -0.1) is 5.10 Å². The summed E-state index contributed by atoms with van der Waals surface area (Å²) in [5, 5.41) is 6.45. The highest BCUT2D eigenvalue weighted by atomic mass is 19.4. The normalized spacial score (nSPS) is 12.7. The Morgan fingerprint density at radius 3 is 2.52 bits per heavy atom. The molecule has 1 N–H and O–H groups in total. The number of carbonyl (C=O) groups is 1. The molecule has 0 aliphatic carbocycles. The number of amides is 1. The largest absolute Gasteiger partial charge is 0.453 e. The Morgan fingerprint density at radius 2 is 1.87 bits per heavy atom. The minimum atomic E-state index is -4.64. The Kier molecular flexibility index (Phi) is 6.47. The van der Waals surface area contributed by atoms with E-state index in [1.54, 1.807) is 13.8 Å². The number of halogens is 3. The number of para-hydroxylation sites is 1. The lowest BCUT2D eigenvalue weighted by Crippen LogP contribution is -2.40. The molecule has 7 nitrogen and oxygen atoms in total. The number of hydrogen-bond donors (Lipinski definition) is 1. The summed E-state index contributed by atoms with van der Waals surface area (Å²) >= 11 is 0. The fourth-order valence-corrected chi connectivity index (χ4v) is 3.33. The number of alkyl halides is 3. The van der Waals surface area contributed by atoms with Gasteiger partial charge >= 0.3 is 6.18 Å². The molecule has 10 heteroatoms. The summed E-state index contributed by atoms with van der Waals surface area (Å²) in [5.74, 6) is -1.47. The van der Waals surface area contributed by atoms with Crippen molar-refractivity contribution in [3.8, 4) is 0 Å². The highest BCUT2D eigenvalue weighted by Gasteiger charge is 2.37. The number of benzene rings is 1. The number of likely N-dealkylation sites (N-methyl/N-ethyl adjacent to an activating group) is 1. The zero-order valence-electron chi connectivity index (χ0n) is 17.9. The SMILES string of the molecule is Cc1nc2nc(C(F)(F)F)nn2c(C)c1CCC(=O)NCC(C)N(C)c1ccccc1. The second-order valence-corrected chi connectivity index (χ2v) is 7.51. The van der Waals surface area contributed by atoms with Crippen LogP contribution in [0.1, 0.15) is 36.1 Å². The van der Waals surface area contributed by atoms with Crippen molar-refractivity contribution in [2.45, 2.75) is 45.8 Å². The van der Waals surface area contributed by atoms with Crippen molar-refractivity contribution in [3.63, 3.8) is 0 Å². The number of carbonyl (C=O) groups excluding carboxylic acids is 1. The molecule has 1 unspecified atom stereocenters. The monoisotopic (exact) mass is 434 g/mol. The van der Waals surface area contributed by atoms with E-state index < -0.39 is 12.0 Å². The highest BCUT2D eigenvalue weighted by Crippen LogP contribution is 2.27. The van der Waals surface area contributed by atoms with E-state index in [0.717, 1.165) is 10.2 Å². The summed E-state index contributed by atoms with van der Waals surface area (Å²) in [6.07, 6.45) is -4.11. The molecule has 3 rings (SSSR count). The molecular weight excluding hydrogens is 409 g/mol. The van der Waals surface area contributed by atoms with Gasteiger partial charge in [-0.1, -0.05) is 18.2 Å². The first-order chi connectivity index (χ1) is 14.6. The Morgan fingerprint density at radius 1 is 1.19 bits per heavy atom. The molecule has 1 aromatic carbocycles. The number of aryl methyl sites for hydroxylation is 2. The number of nitrogens with one attached hydrogen (secondary N) is 1. The third-order valence-electron chi connectivity index (χ3n) is 5.32. The molecule has 0 saturated heterocycles. The predicted molar refractivity (Wildman–Crippen MR) is 111 cm³/mol. The minimum absolute atomic E-state index is 0.0868. The number of fused-ring (bicyclic) bond motifs is 1. The van der Waals surface area contributed by atoms with Crippen LogP contribution < -0.4 is 10.2 Å². The number of hydrogen-bond acceptors (Lipinski definition) is 5. The van der Waals surface area contributed by atoms with E-state index >= 15 is 0 Å². The summed E-state index contributed by atoms with van der Waals surface area (Å²) in [6, 6.07) is 9.95. The molecule has 31 heavy (non-hydrogen) atoms. The van der Waals surface area contributed by atoms with Crippen molar-refractivity contribution in [1.29, 1.82) is 0 Å². The average molecular weight is 434 g/mol. The third-order valence-corrected chi connectivity index (χ3v) is 5.32. The van der Waals surface area contributed by atoms with Crippen molar-refractivity contribution in [3.05, 3.63) is 53.1 Å². The van der Waals surface area contributed by atoms with E-state index in [0.29, 0.717) is 29.9 Å². The molecular formula is C21H25F3N6O. The van der Waals surface area contributed by atoms with Crippen LogP contribution in [0.25, 0.3) is 5.78 Å². The molecule has 0 aliphatic heterocycles. The Balaban J connectivity index is 1.62.